The topological polar surface area (TPSA) is 156 Å². The molecule has 2 aliphatic heterocycles. The van der Waals surface area contributed by atoms with Crippen LogP contribution in [0.15, 0.2) is 81.2 Å². The number of halogens is 2. The summed E-state index contributed by atoms with van der Waals surface area (Å²) in [5.41, 5.74) is 5.28. The molecule has 3 aliphatic rings. The van der Waals surface area contributed by atoms with Crippen LogP contribution >= 0.6 is 11.6 Å². The van der Waals surface area contributed by atoms with Gasteiger partial charge in [0.05, 0.1) is 46.3 Å². The summed E-state index contributed by atoms with van der Waals surface area (Å²) >= 11 is 6.64. The molecular weight excluding hydrogens is 839 g/mol. The van der Waals surface area contributed by atoms with E-state index in [1.165, 1.54) is 27.1 Å². The molecule has 328 valence electrons. The van der Waals surface area contributed by atoms with Gasteiger partial charge in [0.15, 0.2) is 11.6 Å². The van der Waals surface area contributed by atoms with Crippen molar-refractivity contribution in [3.8, 4) is 17.2 Å². The van der Waals surface area contributed by atoms with E-state index >= 15 is 9.18 Å². The van der Waals surface area contributed by atoms with E-state index in [1.807, 2.05) is 36.6 Å². The Labute approximate surface area is 370 Å². The number of carbonyl (C=O) groups excluding carboxylic acids is 1. The summed E-state index contributed by atoms with van der Waals surface area (Å²) in [4.78, 5) is 47.0. The van der Waals surface area contributed by atoms with Crippen molar-refractivity contribution in [3.63, 3.8) is 0 Å². The number of H-pyrrole nitrogens is 1. The van der Waals surface area contributed by atoms with Gasteiger partial charge in [0.1, 0.15) is 17.1 Å². The van der Waals surface area contributed by atoms with Gasteiger partial charge in [0, 0.05) is 60.5 Å². The van der Waals surface area contributed by atoms with Crippen molar-refractivity contribution in [3.05, 3.63) is 138 Å². The zero-order chi connectivity index (χ0) is 44.6. The number of nitrogens with zero attached hydrogens (tertiary/aromatic N) is 9. The average Bonchev–Trinajstić information content (AvgIpc) is 3.89. The Kier molecular flexibility index (Phi) is 8.96. The molecule has 1 saturated carbocycles. The molecule has 0 unspecified atom stereocenters. The summed E-state index contributed by atoms with van der Waals surface area (Å²) in [5.74, 6) is -0.356. The molecule has 2 fully saturated rings. The number of aromatic amines is 1. The van der Waals surface area contributed by atoms with Gasteiger partial charge >= 0.3 is 11.4 Å². The summed E-state index contributed by atoms with van der Waals surface area (Å²) in [6, 6.07) is 15.5. The van der Waals surface area contributed by atoms with Crippen LogP contribution in [0.2, 0.25) is 5.02 Å². The van der Waals surface area contributed by atoms with Gasteiger partial charge in [-0.15, -0.1) is 0 Å². The van der Waals surface area contributed by atoms with Gasteiger partial charge in [-0.1, -0.05) is 29.7 Å². The molecule has 7 heterocycles. The third kappa shape index (κ3) is 6.09. The smallest absolute Gasteiger partial charge is 0.376 e. The lowest BCUT2D eigenvalue weighted by molar-refractivity contribution is -0.0592. The first-order chi connectivity index (χ1) is 30.6. The van der Waals surface area contributed by atoms with Gasteiger partial charge in [-0.3, -0.25) is 28.1 Å². The predicted octanol–water partition coefficient (Wildman–Crippen LogP) is 7.40. The van der Waals surface area contributed by atoms with Crippen molar-refractivity contribution in [2.24, 2.45) is 13.0 Å². The Morgan fingerprint density at radius 2 is 1.75 bits per heavy atom. The molecule has 1 saturated heterocycles. The molecule has 1 aliphatic carbocycles. The number of amides is 1. The molecule has 8 aromatic rings. The number of rotatable bonds is 7. The van der Waals surface area contributed by atoms with Gasteiger partial charge in [-0.2, -0.15) is 10.2 Å². The fourth-order valence-corrected chi connectivity index (χ4v) is 10.5. The number of hydrogen-bond acceptors (Lipinski definition) is 8. The maximum absolute atomic E-state index is 16.1. The maximum atomic E-state index is 16.1. The van der Waals surface area contributed by atoms with E-state index in [4.69, 9.17) is 26.0 Å². The fourth-order valence-electron chi connectivity index (χ4n) is 10.4. The molecular formula is C47H46ClFN10O5. The van der Waals surface area contributed by atoms with E-state index in [1.54, 1.807) is 39.6 Å². The molecule has 3 aromatic carbocycles. The van der Waals surface area contributed by atoms with E-state index in [0.29, 0.717) is 70.5 Å². The van der Waals surface area contributed by atoms with E-state index in [0.717, 1.165) is 40.6 Å². The molecule has 15 nitrogen and oxygen atoms in total. The Hall–Kier alpha value is -6.52. The first-order valence-electron chi connectivity index (χ1n) is 21.6. The number of aromatic nitrogens is 9. The summed E-state index contributed by atoms with van der Waals surface area (Å²) in [7, 11) is 1.73. The van der Waals surface area contributed by atoms with Gasteiger partial charge in [-0.05, 0) is 118 Å². The Morgan fingerprint density at radius 1 is 1.00 bits per heavy atom. The first kappa shape index (κ1) is 40.3. The van der Waals surface area contributed by atoms with E-state index < -0.39 is 22.8 Å². The minimum Gasteiger partial charge on any atom is -0.376 e. The highest BCUT2D eigenvalue weighted by Crippen LogP contribution is 2.56. The van der Waals surface area contributed by atoms with Gasteiger partial charge in [0.25, 0.3) is 5.91 Å². The molecule has 17 heteroatoms. The largest absolute Gasteiger partial charge is 0.438 e. The number of aryl methyl sites for hydroxylation is 3. The SMILES string of the molecule is Cc1cc(-n2nc3c(c2-n2ccn(-c4ccc5c(cnn5C)c4F)c2=O)CN(C(=O)c2cc4cc([C@H]5CCOC(C)(C)C5)ccc4n2[C@@]2(c4noc(=O)[nH]4)C[C@@H]2C)CC3)cc(C)c1Cl. The minimum atomic E-state index is -0.827. The number of fused-ring (bicyclic) bond motifs is 3. The quantitative estimate of drug-likeness (QED) is 0.174. The van der Waals surface area contributed by atoms with Crippen LogP contribution in [-0.4, -0.2) is 73.0 Å². The summed E-state index contributed by atoms with van der Waals surface area (Å²) < 4.78 is 35.3. The van der Waals surface area contributed by atoms with Crippen molar-refractivity contribution in [1.29, 1.82) is 0 Å². The van der Waals surface area contributed by atoms with Crippen LogP contribution in [0.25, 0.3) is 39.0 Å². The third-order valence-corrected chi connectivity index (χ3v) is 14.4. The van der Waals surface area contributed by atoms with Gasteiger partial charge < -0.3 is 14.2 Å². The lowest BCUT2D eigenvalue weighted by atomic mass is 9.83. The molecule has 0 spiro atoms. The number of imidazole rings is 1. The number of hydrogen-bond donors (Lipinski definition) is 1. The predicted molar refractivity (Wildman–Crippen MR) is 238 cm³/mol. The highest BCUT2D eigenvalue weighted by atomic mass is 35.5. The minimum absolute atomic E-state index is 0.0232. The Morgan fingerprint density at radius 3 is 2.47 bits per heavy atom. The van der Waals surface area contributed by atoms with Crippen LogP contribution in [0.5, 0.6) is 0 Å². The Balaban J connectivity index is 1.04. The lowest BCUT2D eigenvalue weighted by Crippen LogP contribution is -2.39. The third-order valence-electron chi connectivity index (χ3n) is 13.8. The zero-order valence-corrected chi connectivity index (χ0v) is 37.0. The fraction of sp³-hybridized carbons (Fsp3) is 0.362. The highest BCUT2D eigenvalue weighted by molar-refractivity contribution is 6.32. The Bertz CT molecular complexity index is 3340. The average molecular weight is 885 g/mol. The lowest BCUT2D eigenvalue weighted by Gasteiger charge is -2.35. The second-order valence-corrected chi connectivity index (χ2v) is 18.8. The standard InChI is InChI=1S/C47H46ClFN10O5/c1-25-17-31(18-26(2)39(25)48)59-41(57-15-14-56(45(57)62)37-10-9-36-32(40(37)49)23-50-54(36)6)33-24-55(13-11-34(33)52-59)42(60)38-20-30-19-28(29-12-16-63-46(4,5)22-29)7-8-35(30)58(38)47(21-27(47)3)43-51-44(61)64-53-43/h7-10,14-15,17-20,23,27,29H,11-13,16,21-22,24H2,1-6H3,(H,51,53,61)/t27-,29-,47-/m0/s1. The number of nitrogens with one attached hydrogen (secondary N) is 1. The molecule has 5 aromatic heterocycles. The zero-order valence-electron chi connectivity index (χ0n) is 36.3. The van der Waals surface area contributed by atoms with E-state index in [-0.39, 0.29) is 35.6 Å². The van der Waals surface area contributed by atoms with Crippen molar-refractivity contribution < 1.29 is 18.4 Å². The normalized spacial score (nSPS) is 20.7. The molecule has 1 N–H and O–H groups in total. The number of carbonyl (C=O) groups is 1. The first-order valence-corrected chi connectivity index (χ1v) is 22.0. The van der Waals surface area contributed by atoms with E-state index in [9.17, 15) is 9.59 Å². The highest BCUT2D eigenvalue weighted by Gasteiger charge is 2.59. The van der Waals surface area contributed by atoms with Crippen LogP contribution in [0.3, 0.4) is 0 Å². The number of benzene rings is 3. The number of ether oxygens (including phenoxy) is 1. The summed E-state index contributed by atoms with van der Waals surface area (Å²) in [6.45, 7) is 11.3. The van der Waals surface area contributed by atoms with Gasteiger partial charge in [-0.25, -0.2) is 18.7 Å². The summed E-state index contributed by atoms with van der Waals surface area (Å²) in [5, 5.41) is 15.3. The second-order valence-electron chi connectivity index (χ2n) is 18.4. The van der Waals surface area contributed by atoms with Crippen LogP contribution in [-0.2, 0) is 30.3 Å². The van der Waals surface area contributed by atoms with Crippen molar-refractivity contribution in [2.45, 2.75) is 83.9 Å². The molecule has 3 atom stereocenters. The van der Waals surface area contributed by atoms with Crippen LogP contribution in [0, 0.1) is 25.6 Å². The van der Waals surface area contributed by atoms with Crippen LogP contribution < -0.4 is 11.4 Å². The monoisotopic (exact) mass is 884 g/mol. The van der Waals surface area contributed by atoms with E-state index in [2.05, 4.69) is 54.2 Å². The van der Waals surface area contributed by atoms with Gasteiger partial charge in [0.2, 0.25) is 0 Å². The summed E-state index contributed by atoms with van der Waals surface area (Å²) in [6.07, 6.45) is 7.38. The molecule has 1 amide bonds. The van der Waals surface area contributed by atoms with Crippen LogP contribution in [0.4, 0.5) is 4.39 Å². The van der Waals surface area contributed by atoms with Crippen molar-refractivity contribution in [2.75, 3.05) is 13.2 Å². The van der Waals surface area contributed by atoms with Crippen LogP contribution in [0.1, 0.15) is 90.2 Å². The van der Waals surface area contributed by atoms with Crippen molar-refractivity contribution in [1.82, 2.24) is 48.3 Å². The molecule has 0 radical (unpaired) electrons. The molecule has 64 heavy (non-hydrogen) atoms. The maximum Gasteiger partial charge on any atom is 0.438 e. The molecule has 0 bridgehead atoms. The second kappa shape index (κ2) is 14.2. The van der Waals surface area contributed by atoms with Crippen molar-refractivity contribution >= 4 is 39.3 Å². The molecule has 11 rings (SSSR count).